The van der Waals surface area contributed by atoms with E-state index < -0.39 is 10.0 Å². The summed E-state index contributed by atoms with van der Waals surface area (Å²) in [5, 5.41) is 0.973. The molecule has 0 spiro atoms. The molecule has 10 heteroatoms. The van der Waals surface area contributed by atoms with Gasteiger partial charge in [0.1, 0.15) is 10.8 Å². The summed E-state index contributed by atoms with van der Waals surface area (Å²) < 4.78 is 27.8. The average Bonchev–Trinajstić information content (AvgIpc) is 2.78. The van der Waals surface area contributed by atoms with Crippen molar-refractivity contribution in [3.8, 4) is 0 Å². The lowest BCUT2D eigenvalue weighted by Gasteiger charge is -2.37. The van der Waals surface area contributed by atoms with Gasteiger partial charge in [-0.15, -0.1) is 0 Å². The van der Waals surface area contributed by atoms with Crippen molar-refractivity contribution in [2.45, 2.75) is 40.1 Å². The number of anilines is 2. The first-order valence-electron chi connectivity index (χ1n) is 10.1. The molecule has 168 valence electrons. The SMILES string of the molecule is CC1(N)CCN(c2cnc(Sc3cccc(NS(=O)(=O)c4ccccc4)c3Cl)cn2)CC1. The molecule has 1 aliphatic rings. The molecule has 2 aromatic carbocycles. The number of nitrogens with one attached hydrogen (secondary N) is 1. The topological polar surface area (TPSA) is 101 Å². The summed E-state index contributed by atoms with van der Waals surface area (Å²) >= 11 is 7.84. The predicted molar refractivity (Wildman–Crippen MR) is 129 cm³/mol. The lowest BCUT2D eigenvalue weighted by Crippen LogP contribution is -2.48. The van der Waals surface area contributed by atoms with Gasteiger partial charge in [-0.1, -0.05) is 47.6 Å². The molecule has 0 unspecified atom stereocenters. The van der Waals surface area contributed by atoms with E-state index in [2.05, 4.69) is 26.5 Å². The van der Waals surface area contributed by atoms with Gasteiger partial charge in [0.15, 0.2) is 0 Å². The Morgan fingerprint density at radius 1 is 1.06 bits per heavy atom. The molecule has 1 fully saturated rings. The highest BCUT2D eigenvalue weighted by Crippen LogP contribution is 2.37. The fourth-order valence-electron chi connectivity index (χ4n) is 3.36. The van der Waals surface area contributed by atoms with Gasteiger partial charge in [-0.2, -0.15) is 0 Å². The van der Waals surface area contributed by atoms with Crippen molar-refractivity contribution in [3.05, 3.63) is 65.9 Å². The molecule has 0 saturated carbocycles. The minimum absolute atomic E-state index is 0.122. The Bertz CT molecular complexity index is 1180. The standard InChI is InChI=1S/C22H24ClN5O2S2/c1-22(24)10-12-28(13-11-22)19-14-26-20(15-25-19)31-18-9-5-8-17(21(18)23)27-32(29,30)16-6-3-2-4-7-16/h2-9,14-15,27H,10-13,24H2,1H3. The molecule has 1 aromatic heterocycles. The number of hydrogen-bond acceptors (Lipinski definition) is 7. The maximum Gasteiger partial charge on any atom is 0.261 e. The number of rotatable bonds is 6. The third-order valence-electron chi connectivity index (χ3n) is 5.32. The molecule has 3 aromatic rings. The molecule has 4 rings (SSSR count). The molecular formula is C22H24ClN5O2S2. The number of benzene rings is 2. The van der Waals surface area contributed by atoms with E-state index in [-0.39, 0.29) is 10.4 Å². The summed E-state index contributed by atoms with van der Waals surface area (Å²) in [7, 11) is -3.74. The first kappa shape index (κ1) is 22.8. The second-order valence-corrected chi connectivity index (χ2v) is 11.1. The first-order chi connectivity index (χ1) is 15.2. The van der Waals surface area contributed by atoms with Gasteiger partial charge in [-0.05, 0) is 44.0 Å². The third-order valence-corrected chi connectivity index (χ3v) is 8.20. The van der Waals surface area contributed by atoms with Gasteiger partial charge in [0.25, 0.3) is 10.0 Å². The highest BCUT2D eigenvalue weighted by molar-refractivity contribution is 7.99. The maximum atomic E-state index is 12.6. The van der Waals surface area contributed by atoms with Crippen LogP contribution >= 0.6 is 23.4 Å². The molecule has 2 heterocycles. The van der Waals surface area contributed by atoms with E-state index in [9.17, 15) is 8.42 Å². The molecule has 3 N–H and O–H groups in total. The van der Waals surface area contributed by atoms with E-state index in [0.717, 1.165) is 31.7 Å². The Balaban J connectivity index is 1.47. The summed E-state index contributed by atoms with van der Waals surface area (Å²) in [6, 6.07) is 13.3. The summed E-state index contributed by atoms with van der Waals surface area (Å²) in [5.74, 6) is 0.820. The zero-order valence-electron chi connectivity index (χ0n) is 17.5. The van der Waals surface area contributed by atoms with E-state index in [1.165, 1.54) is 23.9 Å². The number of hydrogen-bond donors (Lipinski definition) is 2. The van der Waals surface area contributed by atoms with Crippen LogP contribution in [0.4, 0.5) is 11.5 Å². The van der Waals surface area contributed by atoms with Crippen LogP contribution in [0.5, 0.6) is 0 Å². The molecular weight excluding hydrogens is 466 g/mol. The molecule has 0 amide bonds. The van der Waals surface area contributed by atoms with E-state index in [1.54, 1.807) is 42.7 Å². The lowest BCUT2D eigenvalue weighted by molar-refractivity contribution is 0.363. The van der Waals surface area contributed by atoms with Gasteiger partial charge >= 0.3 is 0 Å². The van der Waals surface area contributed by atoms with Crippen LogP contribution in [0.15, 0.2) is 75.7 Å². The minimum atomic E-state index is -3.74. The summed E-state index contributed by atoms with van der Waals surface area (Å²) in [6.07, 6.45) is 5.27. The Morgan fingerprint density at radius 3 is 2.44 bits per heavy atom. The summed E-state index contributed by atoms with van der Waals surface area (Å²) in [6.45, 7) is 3.78. The van der Waals surface area contributed by atoms with E-state index >= 15 is 0 Å². The molecule has 0 atom stereocenters. The van der Waals surface area contributed by atoms with Crippen molar-refractivity contribution in [2.24, 2.45) is 5.73 Å². The highest BCUT2D eigenvalue weighted by Gasteiger charge is 2.26. The van der Waals surface area contributed by atoms with Gasteiger partial charge in [-0.3, -0.25) is 4.72 Å². The van der Waals surface area contributed by atoms with E-state index in [0.29, 0.717) is 20.6 Å². The molecule has 0 bridgehead atoms. The number of sulfonamides is 1. The Labute approximate surface area is 197 Å². The van der Waals surface area contributed by atoms with Crippen LogP contribution in [0, 0.1) is 0 Å². The van der Waals surface area contributed by atoms with Crippen molar-refractivity contribution >= 4 is 44.9 Å². The maximum absolute atomic E-state index is 12.6. The van der Waals surface area contributed by atoms with Crippen LogP contribution in [-0.4, -0.2) is 37.0 Å². The predicted octanol–water partition coefficient (Wildman–Crippen LogP) is 4.40. The zero-order valence-corrected chi connectivity index (χ0v) is 19.9. The Hall–Kier alpha value is -2.33. The van der Waals surface area contributed by atoms with Crippen molar-refractivity contribution in [3.63, 3.8) is 0 Å². The number of nitrogens with two attached hydrogens (primary N) is 1. The van der Waals surface area contributed by atoms with Crippen LogP contribution in [0.1, 0.15) is 19.8 Å². The number of piperidine rings is 1. The number of halogens is 1. The quantitative estimate of drug-likeness (QED) is 0.529. The lowest BCUT2D eigenvalue weighted by atomic mass is 9.91. The van der Waals surface area contributed by atoms with Crippen molar-refractivity contribution in [2.75, 3.05) is 22.7 Å². The van der Waals surface area contributed by atoms with Gasteiger partial charge in [0.2, 0.25) is 0 Å². The smallest absolute Gasteiger partial charge is 0.261 e. The minimum Gasteiger partial charge on any atom is -0.355 e. The van der Waals surface area contributed by atoms with Gasteiger partial charge in [-0.25, -0.2) is 18.4 Å². The van der Waals surface area contributed by atoms with Gasteiger partial charge in [0, 0.05) is 23.5 Å². The van der Waals surface area contributed by atoms with Gasteiger partial charge in [0.05, 0.1) is 28.0 Å². The van der Waals surface area contributed by atoms with Crippen LogP contribution < -0.4 is 15.4 Å². The van der Waals surface area contributed by atoms with E-state index in [1.807, 2.05) is 6.07 Å². The molecule has 1 aliphatic heterocycles. The number of nitrogens with zero attached hydrogens (tertiary/aromatic N) is 3. The Kier molecular flexibility index (Phi) is 6.62. The normalized spacial score (nSPS) is 16.0. The van der Waals surface area contributed by atoms with E-state index in [4.69, 9.17) is 17.3 Å². The molecule has 32 heavy (non-hydrogen) atoms. The van der Waals surface area contributed by atoms with Crippen molar-refractivity contribution in [1.29, 1.82) is 0 Å². The fourth-order valence-corrected chi connectivity index (χ4v) is 5.58. The molecule has 0 aliphatic carbocycles. The van der Waals surface area contributed by atoms with Crippen molar-refractivity contribution in [1.82, 2.24) is 9.97 Å². The fraction of sp³-hybridized carbons (Fsp3) is 0.273. The molecule has 1 saturated heterocycles. The monoisotopic (exact) mass is 489 g/mol. The summed E-state index contributed by atoms with van der Waals surface area (Å²) in [5.41, 5.74) is 6.39. The second kappa shape index (κ2) is 9.27. The van der Waals surface area contributed by atoms with Crippen LogP contribution in [0.2, 0.25) is 5.02 Å². The summed E-state index contributed by atoms with van der Waals surface area (Å²) in [4.78, 5) is 12.1. The zero-order chi connectivity index (χ0) is 22.8. The second-order valence-electron chi connectivity index (χ2n) is 7.99. The Morgan fingerprint density at radius 2 is 1.78 bits per heavy atom. The molecule has 7 nitrogen and oxygen atoms in total. The number of aromatic nitrogens is 2. The highest BCUT2D eigenvalue weighted by atomic mass is 35.5. The van der Waals surface area contributed by atoms with Crippen LogP contribution in [0.25, 0.3) is 0 Å². The van der Waals surface area contributed by atoms with Crippen molar-refractivity contribution < 1.29 is 8.42 Å². The first-order valence-corrected chi connectivity index (χ1v) is 12.8. The third kappa shape index (κ3) is 5.35. The largest absolute Gasteiger partial charge is 0.355 e. The van der Waals surface area contributed by atoms with Crippen LogP contribution in [-0.2, 0) is 10.0 Å². The average molecular weight is 490 g/mol. The molecule has 0 radical (unpaired) electrons. The van der Waals surface area contributed by atoms with Crippen LogP contribution in [0.3, 0.4) is 0 Å². The van der Waals surface area contributed by atoms with Gasteiger partial charge < -0.3 is 10.6 Å².